The van der Waals surface area contributed by atoms with E-state index in [2.05, 4.69) is 4.98 Å². The lowest BCUT2D eigenvalue weighted by Gasteiger charge is -2.30. The standard InChI is InChI=1S/C24H21N3O4S2/c28-22(17-32-24-25-20-13-7-8-14-21(20)31-24)26-15-16-27(23(26)18-9-3-1-4-10-18)33(29,30)19-11-5-2-6-12-19/h1-14,23H,15-17H2. The smallest absolute Gasteiger partial charge is 0.257 e. The molecule has 1 aliphatic rings. The molecule has 1 atom stereocenters. The van der Waals surface area contributed by atoms with Crippen LogP contribution >= 0.6 is 11.8 Å². The molecular formula is C24H21N3O4S2. The van der Waals surface area contributed by atoms with Crippen molar-refractivity contribution in [2.24, 2.45) is 0 Å². The highest BCUT2D eigenvalue weighted by Crippen LogP contribution is 2.35. The van der Waals surface area contributed by atoms with Gasteiger partial charge in [-0.05, 0) is 29.8 Å². The highest BCUT2D eigenvalue weighted by Gasteiger charge is 2.43. The zero-order valence-corrected chi connectivity index (χ0v) is 19.2. The molecule has 0 radical (unpaired) electrons. The number of thioether (sulfide) groups is 1. The van der Waals surface area contributed by atoms with Crippen LogP contribution in [0.1, 0.15) is 11.7 Å². The molecule has 168 valence electrons. The Kier molecular flexibility index (Phi) is 5.92. The van der Waals surface area contributed by atoms with Crippen LogP contribution in [0, 0.1) is 0 Å². The van der Waals surface area contributed by atoms with E-state index < -0.39 is 16.2 Å². The first-order valence-electron chi connectivity index (χ1n) is 10.4. The maximum Gasteiger partial charge on any atom is 0.257 e. The van der Waals surface area contributed by atoms with Gasteiger partial charge in [0.15, 0.2) is 5.58 Å². The largest absolute Gasteiger partial charge is 0.431 e. The molecule has 0 N–H and O–H groups in total. The van der Waals surface area contributed by atoms with E-state index in [1.165, 1.54) is 16.1 Å². The number of sulfonamides is 1. The Bertz CT molecular complexity index is 1340. The van der Waals surface area contributed by atoms with Crippen LogP contribution in [0.5, 0.6) is 0 Å². The van der Waals surface area contributed by atoms with E-state index in [9.17, 15) is 13.2 Å². The summed E-state index contributed by atoms with van der Waals surface area (Å²) in [6, 6.07) is 25.0. The first kappa shape index (κ1) is 21.7. The van der Waals surface area contributed by atoms with Crippen LogP contribution in [-0.2, 0) is 14.8 Å². The minimum Gasteiger partial charge on any atom is -0.431 e. The number of benzene rings is 3. The second kappa shape index (κ2) is 9.01. The maximum absolute atomic E-state index is 13.4. The molecule has 3 aromatic carbocycles. The predicted octanol–water partition coefficient (Wildman–Crippen LogP) is 4.15. The second-order valence-electron chi connectivity index (χ2n) is 7.54. The molecular weight excluding hydrogens is 458 g/mol. The van der Waals surface area contributed by atoms with Crippen molar-refractivity contribution >= 4 is 38.8 Å². The SMILES string of the molecule is O=C(CSc1nc2ccccc2o1)N1CCN(S(=O)(=O)c2ccccc2)C1c1ccccc1. The molecule has 7 nitrogen and oxygen atoms in total. The van der Waals surface area contributed by atoms with Gasteiger partial charge in [0, 0.05) is 13.1 Å². The third kappa shape index (κ3) is 4.27. The number of hydrogen-bond donors (Lipinski definition) is 0. The van der Waals surface area contributed by atoms with Gasteiger partial charge >= 0.3 is 0 Å². The molecule has 1 aliphatic heterocycles. The number of rotatable bonds is 6. The molecule has 9 heteroatoms. The van der Waals surface area contributed by atoms with Gasteiger partial charge in [-0.3, -0.25) is 4.79 Å². The van der Waals surface area contributed by atoms with Crippen LogP contribution in [0.15, 0.2) is 99.5 Å². The van der Waals surface area contributed by atoms with E-state index in [1.54, 1.807) is 35.2 Å². The van der Waals surface area contributed by atoms with Crippen molar-refractivity contribution in [3.8, 4) is 0 Å². The van der Waals surface area contributed by atoms with Gasteiger partial charge in [-0.25, -0.2) is 13.4 Å². The number of hydrogen-bond acceptors (Lipinski definition) is 6. The van der Waals surface area contributed by atoms with E-state index >= 15 is 0 Å². The molecule has 1 saturated heterocycles. The Morgan fingerprint density at radius 1 is 0.939 bits per heavy atom. The molecule has 1 fully saturated rings. The summed E-state index contributed by atoms with van der Waals surface area (Å²) in [7, 11) is -3.79. The Balaban J connectivity index is 1.40. The summed E-state index contributed by atoms with van der Waals surface area (Å²) in [4.78, 5) is 19.5. The zero-order valence-electron chi connectivity index (χ0n) is 17.6. The lowest BCUT2D eigenvalue weighted by Crippen LogP contribution is -2.38. The molecule has 5 rings (SSSR count). The van der Waals surface area contributed by atoms with E-state index in [1.807, 2.05) is 54.6 Å². The molecule has 0 bridgehead atoms. The summed E-state index contributed by atoms with van der Waals surface area (Å²) in [6.45, 7) is 0.522. The average Bonchev–Trinajstić information content (AvgIpc) is 3.48. The van der Waals surface area contributed by atoms with Gasteiger partial charge in [-0.2, -0.15) is 4.31 Å². The highest BCUT2D eigenvalue weighted by molar-refractivity contribution is 7.99. The van der Waals surface area contributed by atoms with E-state index in [0.29, 0.717) is 17.4 Å². The van der Waals surface area contributed by atoms with Crippen LogP contribution < -0.4 is 0 Å². The first-order chi connectivity index (χ1) is 16.0. The van der Waals surface area contributed by atoms with Crippen LogP contribution in [-0.4, -0.2) is 47.4 Å². The van der Waals surface area contributed by atoms with Gasteiger partial charge in [-0.1, -0.05) is 72.4 Å². The fraction of sp³-hybridized carbons (Fsp3) is 0.167. The molecule has 1 aromatic heterocycles. The molecule has 33 heavy (non-hydrogen) atoms. The van der Waals surface area contributed by atoms with Crippen molar-refractivity contribution in [3.63, 3.8) is 0 Å². The minimum absolute atomic E-state index is 0.0926. The molecule has 0 saturated carbocycles. The normalized spacial score (nSPS) is 17.0. The summed E-state index contributed by atoms with van der Waals surface area (Å²) >= 11 is 1.21. The van der Waals surface area contributed by atoms with Crippen LogP contribution in [0.25, 0.3) is 11.1 Å². The zero-order chi connectivity index (χ0) is 22.8. The van der Waals surface area contributed by atoms with Crippen molar-refractivity contribution in [1.29, 1.82) is 0 Å². The maximum atomic E-state index is 13.4. The highest BCUT2D eigenvalue weighted by atomic mass is 32.2. The lowest BCUT2D eigenvalue weighted by molar-refractivity contribution is -0.130. The Morgan fingerprint density at radius 3 is 2.33 bits per heavy atom. The fourth-order valence-electron chi connectivity index (χ4n) is 3.94. The van der Waals surface area contributed by atoms with Crippen LogP contribution in [0.4, 0.5) is 0 Å². The van der Waals surface area contributed by atoms with Crippen molar-refractivity contribution in [3.05, 3.63) is 90.5 Å². The molecule has 4 aromatic rings. The number of oxazole rings is 1. The topological polar surface area (TPSA) is 83.7 Å². The molecule has 1 amide bonds. The van der Waals surface area contributed by atoms with Gasteiger partial charge in [0.25, 0.3) is 5.22 Å². The summed E-state index contributed by atoms with van der Waals surface area (Å²) in [5, 5.41) is 0.411. The third-order valence-corrected chi connectivity index (χ3v) is 8.17. The quantitative estimate of drug-likeness (QED) is 0.386. The van der Waals surface area contributed by atoms with Crippen molar-refractivity contribution in [2.45, 2.75) is 16.3 Å². The predicted molar refractivity (Wildman–Crippen MR) is 126 cm³/mol. The number of carbonyl (C=O) groups excluding carboxylic acids is 1. The van der Waals surface area contributed by atoms with Gasteiger partial charge in [0.1, 0.15) is 11.7 Å². The summed E-state index contributed by atoms with van der Waals surface area (Å²) in [5.41, 5.74) is 2.14. The van der Waals surface area contributed by atoms with Gasteiger partial charge in [0.05, 0.1) is 10.6 Å². The van der Waals surface area contributed by atoms with Crippen LogP contribution in [0.3, 0.4) is 0 Å². The number of carbonyl (C=O) groups is 1. The number of nitrogens with zero attached hydrogens (tertiary/aromatic N) is 3. The summed E-state index contributed by atoms with van der Waals surface area (Å²) in [6.07, 6.45) is -0.715. The van der Waals surface area contributed by atoms with E-state index in [-0.39, 0.29) is 23.1 Å². The summed E-state index contributed by atoms with van der Waals surface area (Å²) in [5.74, 6) is -0.0862. The fourth-order valence-corrected chi connectivity index (χ4v) is 6.25. The molecule has 1 unspecified atom stereocenters. The van der Waals surface area contributed by atoms with Gasteiger partial charge in [0.2, 0.25) is 15.9 Å². The van der Waals surface area contributed by atoms with Gasteiger partial charge < -0.3 is 9.32 Å². The number of para-hydroxylation sites is 2. The van der Waals surface area contributed by atoms with Crippen molar-refractivity contribution < 1.29 is 17.6 Å². The third-order valence-electron chi connectivity index (χ3n) is 5.49. The van der Waals surface area contributed by atoms with Gasteiger partial charge in [-0.15, -0.1) is 0 Å². The monoisotopic (exact) mass is 479 g/mol. The molecule has 0 aliphatic carbocycles. The molecule has 0 spiro atoms. The minimum atomic E-state index is -3.79. The van der Waals surface area contributed by atoms with Crippen LogP contribution in [0.2, 0.25) is 0 Å². The Labute approximate surface area is 196 Å². The lowest BCUT2D eigenvalue weighted by atomic mass is 10.1. The number of aromatic nitrogens is 1. The Morgan fingerprint density at radius 2 is 1.61 bits per heavy atom. The number of fused-ring (bicyclic) bond motifs is 1. The second-order valence-corrected chi connectivity index (χ2v) is 10.4. The Hall–Kier alpha value is -3.14. The summed E-state index contributed by atoms with van der Waals surface area (Å²) < 4.78 is 33.9. The first-order valence-corrected chi connectivity index (χ1v) is 12.9. The van der Waals surface area contributed by atoms with E-state index in [0.717, 1.165) is 11.1 Å². The number of amides is 1. The van der Waals surface area contributed by atoms with Crippen molar-refractivity contribution in [1.82, 2.24) is 14.2 Å². The average molecular weight is 480 g/mol. The van der Waals surface area contributed by atoms with Crippen molar-refractivity contribution in [2.75, 3.05) is 18.8 Å². The molecule has 2 heterocycles. The van der Waals surface area contributed by atoms with E-state index in [4.69, 9.17) is 4.42 Å².